The van der Waals surface area contributed by atoms with E-state index in [0.717, 1.165) is 25.9 Å². The van der Waals surface area contributed by atoms with Crippen LogP contribution in [0, 0.1) is 0 Å². The molecule has 2 aliphatic heterocycles. The van der Waals surface area contributed by atoms with E-state index in [0.29, 0.717) is 38.3 Å². The van der Waals surface area contributed by atoms with Crippen molar-refractivity contribution in [3.05, 3.63) is 29.8 Å². The van der Waals surface area contributed by atoms with Crippen LogP contribution in [0.2, 0.25) is 0 Å². The van der Waals surface area contributed by atoms with Crippen LogP contribution in [-0.4, -0.2) is 77.8 Å². The molecule has 27 heavy (non-hydrogen) atoms. The van der Waals surface area contributed by atoms with E-state index < -0.39 is 5.51 Å². The van der Waals surface area contributed by atoms with Gasteiger partial charge in [-0.3, -0.25) is 14.5 Å². The van der Waals surface area contributed by atoms with Crippen molar-refractivity contribution in [2.45, 2.75) is 23.2 Å². The molecule has 2 fully saturated rings. The van der Waals surface area contributed by atoms with Crippen molar-refractivity contribution in [2.24, 2.45) is 0 Å². The van der Waals surface area contributed by atoms with Crippen molar-refractivity contribution < 1.29 is 22.8 Å². The van der Waals surface area contributed by atoms with Gasteiger partial charge >= 0.3 is 5.51 Å². The number of piperazine rings is 1. The highest BCUT2D eigenvalue weighted by atomic mass is 32.2. The van der Waals surface area contributed by atoms with Crippen molar-refractivity contribution in [2.75, 3.05) is 45.8 Å². The zero-order valence-electron chi connectivity index (χ0n) is 14.9. The van der Waals surface area contributed by atoms with E-state index in [1.54, 1.807) is 4.90 Å². The van der Waals surface area contributed by atoms with Gasteiger partial charge < -0.3 is 9.80 Å². The molecule has 0 radical (unpaired) electrons. The molecule has 1 aromatic rings. The molecule has 2 amide bonds. The molecule has 0 saturated carbocycles. The molecule has 1 aromatic carbocycles. The fourth-order valence-electron chi connectivity index (χ4n) is 3.35. The van der Waals surface area contributed by atoms with Crippen LogP contribution in [0.1, 0.15) is 23.2 Å². The molecular formula is C18H22F3N3O2S. The van der Waals surface area contributed by atoms with E-state index in [2.05, 4.69) is 0 Å². The number of nitrogens with zero attached hydrogens (tertiary/aromatic N) is 3. The minimum atomic E-state index is -4.34. The van der Waals surface area contributed by atoms with E-state index in [4.69, 9.17) is 0 Å². The predicted molar refractivity (Wildman–Crippen MR) is 96.5 cm³/mol. The molecule has 9 heteroatoms. The number of amides is 2. The Morgan fingerprint density at radius 1 is 0.889 bits per heavy atom. The summed E-state index contributed by atoms with van der Waals surface area (Å²) in [7, 11) is 0. The summed E-state index contributed by atoms with van der Waals surface area (Å²) in [5.74, 6) is -0.0471. The second-order valence-electron chi connectivity index (χ2n) is 6.73. The Morgan fingerprint density at radius 3 is 2.04 bits per heavy atom. The summed E-state index contributed by atoms with van der Waals surface area (Å²) in [4.78, 5) is 30.4. The quantitative estimate of drug-likeness (QED) is 0.728. The summed E-state index contributed by atoms with van der Waals surface area (Å²) >= 11 is -0.194. The molecule has 0 bridgehead atoms. The van der Waals surface area contributed by atoms with E-state index in [1.165, 1.54) is 24.3 Å². The number of halogens is 3. The normalized spacial score (nSPS) is 18.8. The standard InChI is InChI=1S/C18H22F3N3O2S/c19-18(20,21)27-15-5-3-14(4-6-15)17(26)24-11-9-22(10-12-24)13-16(25)23-7-1-2-8-23/h3-6H,1-2,7-13H2. The van der Waals surface area contributed by atoms with Gasteiger partial charge in [0.15, 0.2) is 0 Å². The van der Waals surface area contributed by atoms with Crippen LogP contribution < -0.4 is 0 Å². The third kappa shape index (κ3) is 5.62. The number of hydrogen-bond donors (Lipinski definition) is 0. The van der Waals surface area contributed by atoms with Gasteiger partial charge in [0.1, 0.15) is 0 Å². The Bertz CT molecular complexity index is 667. The third-order valence-corrected chi connectivity index (χ3v) is 5.55. The Labute approximate surface area is 160 Å². The first-order chi connectivity index (χ1) is 12.8. The Kier molecular flexibility index (Phi) is 6.31. The van der Waals surface area contributed by atoms with Gasteiger partial charge in [-0.05, 0) is 48.9 Å². The predicted octanol–water partition coefficient (Wildman–Crippen LogP) is 2.68. The summed E-state index contributed by atoms with van der Waals surface area (Å²) in [6.45, 7) is 4.29. The van der Waals surface area contributed by atoms with Crippen molar-refractivity contribution in [1.82, 2.24) is 14.7 Å². The fourth-order valence-corrected chi connectivity index (χ4v) is 3.89. The van der Waals surface area contributed by atoms with Gasteiger partial charge in [-0.25, -0.2) is 0 Å². The smallest absolute Gasteiger partial charge is 0.342 e. The molecule has 2 heterocycles. The zero-order valence-corrected chi connectivity index (χ0v) is 15.7. The topological polar surface area (TPSA) is 43.9 Å². The second kappa shape index (κ2) is 8.52. The number of benzene rings is 1. The molecular weight excluding hydrogens is 379 g/mol. The summed E-state index contributed by atoms with van der Waals surface area (Å²) in [5.41, 5.74) is -3.96. The molecule has 0 aliphatic carbocycles. The first-order valence-electron chi connectivity index (χ1n) is 8.97. The Morgan fingerprint density at radius 2 is 1.48 bits per heavy atom. The van der Waals surface area contributed by atoms with Crippen LogP contribution in [0.15, 0.2) is 29.2 Å². The maximum absolute atomic E-state index is 12.5. The number of rotatable bonds is 4. The molecule has 0 unspecified atom stereocenters. The Hall–Kier alpha value is -1.74. The number of hydrogen-bond acceptors (Lipinski definition) is 4. The van der Waals surface area contributed by atoms with Crippen molar-refractivity contribution in [3.8, 4) is 0 Å². The lowest BCUT2D eigenvalue weighted by Gasteiger charge is -2.35. The van der Waals surface area contributed by atoms with E-state index >= 15 is 0 Å². The largest absolute Gasteiger partial charge is 0.446 e. The van der Waals surface area contributed by atoms with Crippen LogP contribution in [-0.2, 0) is 4.79 Å². The molecule has 0 aromatic heterocycles. The van der Waals surface area contributed by atoms with E-state index in [1.807, 2.05) is 9.80 Å². The van der Waals surface area contributed by atoms with E-state index in [-0.39, 0.29) is 28.5 Å². The number of carbonyl (C=O) groups excluding carboxylic acids is 2. The lowest BCUT2D eigenvalue weighted by atomic mass is 10.2. The number of likely N-dealkylation sites (tertiary alicyclic amines) is 1. The van der Waals surface area contributed by atoms with Crippen LogP contribution in [0.3, 0.4) is 0 Å². The summed E-state index contributed by atoms with van der Waals surface area (Å²) in [6.07, 6.45) is 2.13. The highest BCUT2D eigenvalue weighted by Gasteiger charge is 2.29. The minimum absolute atomic E-state index is 0.0595. The van der Waals surface area contributed by atoms with Crippen molar-refractivity contribution >= 4 is 23.6 Å². The SMILES string of the molecule is O=C(CN1CCN(C(=O)c2ccc(SC(F)(F)F)cc2)CC1)N1CCCC1. The van der Waals surface area contributed by atoms with Gasteiger partial charge in [0, 0.05) is 49.7 Å². The van der Waals surface area contributed by atoms with Crippen molar-refractivity contribution in [1.29, 1.82) is 0 Å². The number of alkyl halides is 3. The highest BCUT2D eigenvalue weighted by Crippen LogP contribution is 2.36. The molecule has 0 N–H and O–H groups in total. The van der Waals surface area contributed by atoms with Gasteiger partial charge in [0.2, 0.25) is 5.91 Å². The number of carbonyl (C=O) groups is 2. The average molecular weight is 401 g/mol. The lowest BCUT2D eigenvalue weighted by molar-refractivity contribution is -0.131. The summed E-state index contributed by atoms with van der Waals surface area (Å²) < 4.78 is 37.1. The van der Waals surface area contributed by atoms with Gasteiger partial charge in [-0.1, -0.05) is 0 Å². The van der Waals surface area contributed by atoms with Crippen molar-refractivity contribution in [3.63, 3.8) is 0 Å². The molecule has 148 valence electrons. The second-order valence-corrected chi connectivity index (χ2v) is 7.87. The van der Waals surface area contributed by atoms with Crippen LogP contribution in [0.25, 0.3) is 0 Å². The number of thioether (sulfide) groups is 1. The molecule has 0 spiro atoms. The molecule has 2 aliphatic rings. The van der Waals surface area contributed by atoms with Crippen LogP contribution in [0.5, 0.6) is 0 Å². The monoisotopic (exact) mass is 401 g/mol. The first kappa shape index (κ1) is 20.0. The molecule has 3 rings (SSSR count). The molecule has 5 nitrogen and oxygen atoms in total. The maximum atomic E-state index is 12.5. The maximum Gasteiger partial charge on any atom is 0.446 e. The molecule has 0 atom stereocenters. The van der Waals surface area contributed by atoms with Gasteiger partial charge in [0.05, 0.1) is 6.54 Å². The minimum Gasteiger partial charge on any atom is -0.342 e. The first-order valence-corrected chi connectivity index (χ1v) is 9.79. The van der Waals surface area contributed by atoms with Gasteiger partial charge in [-0.2, -0.15) is 13.2 Å². The average Bonchev–Trinajstić information content (AvgIpc) is 3.16. The van der Waals surface area contributed by atoms with Gasteiger partial charge in [-0.15, -0.1) is 0 Å². The Balaban J connectivity index is 1.48. The fraction of sp³-hybridized carbons (Fsp3) is 0.556. The van der Waals surface area contributed by atoms with Crippen LogP contribution in [0.4, 0.5) is 13.2 Å². The zero-order chi connectivity index (χ0) is 19.4. The lowest BCUT2D eigenvalue weighted by Crippen LogP contribution is -2.51. The van der Waals surface area contributed by atoms with Gasteiger partial charge in [0.25, 0.3) is 5.91 Å². The molecule has 2 saturated heterocycles. The van der Waals surface area contributed by atoms with Crippen LogP contribution >= 0.6 is 11.8 Å². The summed E-state index contributed by atoms with van der Waals surface area (Å²) in [6, 6.07) is 5.49. The highest BCUT2D eigenvalue weighted by molar-refractivity contribution is 8.00. The summed E-state index contributed by atoms with van der Waals surface area (Å²) in [5, 5.41) is 0. The third-order valence-electron chi connectivity index (χ3n) is 4.81. The van der Waals surface area contributed by atoms with E-state index in [9.17, 15) is 22.8 Å².